The molecule has 1 saturated heterocycles. The number of aryl methyl sites for hydroxylation is 1. The van der Waals surface area contributed by atoms with Crippen molar-refractivity contribution in [2.24, 2.45) is 0 Å². The lowest BCUT2D eigenvalue weighted by atomic mass is 10.1. The second-order valence-corrected chi connectivity index (χ2v) is 7.08. The van der Waals surface area contributed by atoms with Gasteiger partial charge in [-0.2, -0.15) is 18.3 Å². The summed E-state index contributed by atoms with van der Waals surface area (Å²) in [5.74, 6) is 1.32. The average Bonchev–Trinajstić information content (AvgIpc) is 3.20. The molecule has 1 aromatic carbocycles. The number of carbonyl (C=O) groups is 1. The number of amides is 2. The first kappa shape index (κ1) is 20.6. The Morgan fingerprint density at radius 3 is 2.42 bits per heavy atom. The number of aromatic nitrogens is 4. The Bertz CT molecular complexity index is 1070. The lowest BCUT2D eigenvalue weighted by Gasteiger charge is -2.35. The molecule has 0 bridgehead atoms. The van der Waals surface area contributed by atoms with E-state index in [0.717, 1.165) is 11.8 Å². The van der Waals surface area contributed by atoms with Crippen molar-refractivity contribution in [1.29, 1.82) is 0 Å². The second kappa shape index (κ2) is 8.25. The molecule has 0 aliphatic carbocycles. The number of carbonyl (C=O) groups excluding carboxylic acids is 1. The fourth-order valence-electron chi connectivity index (χ4n) is 3.35. The maximum atomic E-state index is 13.1. The number of para-hydroxylation sites is 1. The fourth-order valence-corrected chi connectivity index (χ4v) is 3.35. The van der Waals surface area contributed by atoms with Crippen molar-refractivity contribution in [1.82, 2.24) is 24.6 Å². The molecule has 1 aliphatic rings. The van der Waals surface area contributed by atoms with Crippen molar-refractivity contribution in [3.05, 3.63) is 60.2 Å². The lowest BCUT2D eigenvalue weighted by molar-refractivity contribution is -0.136. The number of piperazine rings is 1. The lowest BCUT2D eigenvalue weighted by Crippen LogP contribution is -2.50. The monoisotopic (exact) mass is 431 g/mol. The molecule has 0 spiro atoms. The van der Waals surface area contributed by atoms with Gasteiger partial charge in [-0.05, 0) is 25.1 Å². The van der Waals surface area contributed by atoms with E-state index in [1.807, 2.05) is 30.2 Å². The van der Waals surface area contributed by atoms with Crippen molar-refractivity contribution < 1.29 is 18.0 Å². The first-order valence-corrected chi connectivity index (χ1v) is 9.63. The molecule has 0 saturated carbocycles. The van der Waals surface area contributed by atoms with Crippen LogP contribution in [0.3, 0.4) is 0 Å². The van der Waals surface area contributed by atoms with Gasteiger partial charge in [-0.1, -0.05) is 12.1 Å². The number of hydrogen-bond acceptors (Lipinski definition) is 5. The molecule has 0 radical (unpaired) electrons. The molecule has 0 atom stereocenters. The number of benzene rings is 1. The zero-order chi connectivity index (χ0) is 22.0. The molecule has 162 valence electrons. The molecule has 1 aliphatic heterocycles. The Hall–Kier alpha value is -3.63. The molecule has 1 N–H and O–H groups in total. The molecule has 4 rings (SSSR count). The molecule has 3 aromatic rings. The highest BCUT2D eigenvalue weighted by molar-refractivity contribution is 5.90. The van der Waals surface area contributed by atoms with Gasteiger partial charge in [-0.25, -0.2) is 19.4 Å². The van der Waals surface area contributed by atoms with Gasteiger partial charge < -0.3 is 15.1 Å². The molecular weight excluding hydrogens is 411 g/mol. The van der Waals surface area contributed by atoms with Crippen molar-refractivity contribution >= 4 is 17.5 Å². The highest BCUT2D eigenvalue weighted by Gasteiger charge is 2.34. The van der Waals surface area contributed by atoms with Crippen LogP contribution in [0.1, 0.15) is 11.3 Å². The van der Waals surface area contributed by atoms with Crippen LogP contribution in [0.25, 0.3) is 5.82 Å². The summed E-state index contributed by atoms with van der Waals surface area (Å²) in [4.78, 5) is 24.5. The molecule has 0 unspecified atom stereocenters. The van der Waals surface area contributed by atoms with E-state index in [1.165, 1.54) is 29.4 Å². The van der Waals surface area contributed by atoms with E-state index in [1.54, 1.807) is 4.68 Å². The smallest absolute Gasteiger partial charge is 0.353 e. The van der Waals surface area contributed by atoms with E-state index in [4.69, 9.17) is 0 Å². The van der Waals surface area contributed by atoms with Gasteiger partial charge in [0.2, 0.25) is 0 Å². The van der Waals surface area contributed by atoms with Crippen LogP contribution >= 0.6 is 0 Å². The number of halogens is 3. The van der Waals surface area contributed by atoms with Crippen LogP contribution in [0.5, 0.6) is 0 Å². The third-order valence-corrected chi connectivity index (χ3v) is 4.96. The number of hydrogen-bond donors (Lipinski definition) is 1. The Balaban J connectivity index is 1.40. The summed E-state index contributed by atoms with van der Waals surface area (Å²) in [6.07, 6.45) is -1.28. The standard InChI is InChI=1S/C20H20F3N7O/c1-14-6-7-30(27-14)18-12-17(24-13-25-18)28-8-10-29(11-9-28)19(31)26-16-5-3-2-4-15(16)20(21,22)23/h2-7,12-13H,8-11H2,1H3,(H,26,31). The Kier molecular flexibility index (Phi) is 5.49. The minimum atomic E-state index is -4.54. The summed E-state index contributed by atoms with van der Waals surface area (Å²) in [6.45, 7) is 3.56. The average molecular weight is 431 g/mol. The molecule has 3 heterocycles. The summed E-state index contributed by atoms with van der Waals surface area (Å²) < 4.78 is 41.1. The predicted octanol–water partition coefficient (Wildman–Crippen LogP) is 3.34. The summed E-state index contributed by atoms with van der Waals surface area (Å²) in [7, 11) is 0. The number of nitrogens with one attached hydrogen (secondary N) is 1. The van der Waals surface area contributed by atoms with Crippen molar-refractivity contribution in [2.75, 3.05) is 36.4 Å². The minimum Gasteiger partial charge on any atom is -0.353 e. The third kappa shape index (κ3) is 4.60. The van der Waals surface area contributed by atoms with E-state index in [2.05, 4.69) is 20.4 Å². The van der Waals surface area contributed by atoms with Crippen molar-refractivity contribution in [3.8, 4) is 5.82 Å². The number of nitrogens with zero attached hydrogens (tertiary/aromatic N) is 6. The maximum absolute atomic E-state index is 13.1. The normalized spacial score (nSPS) is 14.6. The van der Waals surface area contributed by atoms with Crippen LogP contribution in [0.4, 0.5) is 29.5 Å². The fraction of sp³-hybridized carbons (Fsp3) is 0.300. The second-order valence-electron chi connectivity index (χ2n) is 7.08. The van der Waals surface area contributed by atoms with E-state index in [9.17, 15) is 18.0 Å². The molecule has 11 heteroatoms. The van der Waals surface area contributed by atoms with Gasteiger partial charge >= 0.3 is 12.2 Å². The van der Waals surface area contributed by atoms with Gasteiger partial charge in [0.25, 0.3) is 0 Å². The number of alkyl halides is 3. The van der Waals surface area contributed by atoms with E-state index >= 15 is 0 Å². The van der Waals surface area contributed by atoms with Gasteiger partial charge in [-0.15, -0.1) is 0 Å². The van der Waals surface area contributed by atoms with Gasteiger partial charge in [0.05, 0.1) is 16.9 Å². The third-order valence-electron chi connectivity index (χ3n) is 4.96. The maximum Gasteiger partial charge on any atom is 0.418 e. The summed E-state index contributed by atoms with van der Waals surface area (Å²) >= 11 is 0. The van der Waals surface area contributed by atoms with Crippen molar-refractivity contribution in [2.45, 2.75) is 13.1 Å². The van der Waals surface area contributed by atoms with Crippen LogP contribution in [0.15, 0.2) is 48.9 Å². The minimum absolute atomic E-state index is 0.252. The van der Waals surface area contributed by atoms with E-state index in [-0.39, 0.29) is 5.69 Å². The van der Waals surface area contributed by atoms with Gasteiger partial charge in [0.15, 0.2) is 5.82 Å². The topological polar surface area (TPSA) is 79.2 Å². The number of rotatable bonds is 3. The highest BCUT2D eigenvalue weighted by Crippen LogP contribution is 2.34. The van der Waals surface area contributed by atoms with Crippen molar-refractivity contribution in [3.63, 3.8) is 0 Å². The van der Waals surface area contributed by atoms with E-state index in [0.29, 0.717) is 37.8 Å². The molecule has 8 nitrogen and oxygen atoms in total. The largest absolute Gasteiger partial charge is 0.418 e. The molecule has 2 aromatic heterocycles. The summed E-state index contributed by atoms with van der Waals surface area (Å²) in [5, 5.41) is 6.72. The van der Waals surface area contributed by atoms with Crippen LogP contribution < -0.4 is 10.2 Å². The molecule has 1 fully saturated rings. The molecular formula is C20H20F3N7O. The van der Waals surface area contributed by atoms with Crippen LogP contribution in [-0.4, -0.2) is 56.9 Å². The number of anilines is 2. The summed E-state index contributed by atoms with van der Waals surface area (Å²) in [6, 6.07) is 8.05. The van der Waals surface area contributed by atoms with Gasteiger partial charge in [0, 0.05) is 38.4 Å². The van der Waals surface area contributed by atoms with Crippen LogP contribution in [-0.2, 0) is 6.18 Å². The highest BCUT2D eigenvalue weighted by atomic mass is 19.4. The van der Waals surface area contributed by atoms with E-state index < -0.39 is 17.8 Å². The number of urea groups is 1. The SMILES string of the molecule is Cc1ccn(-c2cc(N3CCN(C(=O)Nc4ccccc4C(F)(F)F)CC3)ncn2)n1. The van der Waals surface area contributed by atoms with Crippen LogP contribution in [0.2, 0.25) is 0 Å². The Morgan fingerprint density at radius 2 is 1.74 bits per heavy atom. The zero-order valence-corrected chi connectivity index (χ0v) is 16.7. The first-order chi connectivity index (χ1) is 14.8. The Labute approximate surface area is 176 Å². The zero-order valence-electron chi connectivity index (χ0n) is 16.7. The van der Waals surface area contributed by atoms with Gasteiger partial charge in [0.1, 0.15) is 12.1 Å². The molecule has 31 heavy (non-hydrogen) atoms. The van der Waals surface area contributed by atoms with Gasteiger partial charge in [-0.3, -0.25) is 0 Å². The quantitative estimate of drug-likeness (QED) is 0.688. The van der Waals surface area contributed by atoms with Crippen LogP contribution in [0, 0.1) is 6.92 Å². The predicted molar refractivity (Wildman–Crippen MR) is 108 cm³/mol. The Morgan fingerprint density at radius 1 is 1.03 bits per heavy atom. The molecule has 2 amide bonds. The summed E-state index contributed by atoms with van der Waals surface area (Å²) in [5.41, 5.74) is -0.256. The first-order valence-electron chi connectivity index (χ1n) is 9.63.